The molecule has 1 radical (unpaired) electrons. The number of nitrogens with zero attached hydrogens (tertiary/aromatic N) is 1. The molecule has 0 bridgehead atoms. The second-order valence-corrected chi connectivity index (χ2v) is 6.43. The van der Waals surface area contributed by atoms with Crippen molar-refractivity contribution in [3.05, 3.63) is 34.4 Å². The summed E-state index contributed by atoms with van der Waals surface area (Å²) in [6, 6.07) is -0.902. The summed E-state index contributed by atoms with van der Waals surface area (Å²) in [7, 11) is 0. The Morgan fingerprint density at radius 3 is 2.44 bits per heavy atom. The van der Waals surface area contributed by atoms with Gasteiger partial charge in [-0.2, -0.15) is 0 Å². The maximum atomic E-state index is 11.1. The number of allylic oxidation sites excluding steroid dienone is 3. The lowest BCUT2D eigenvalue weighted by molar-refractivity contribution is -0.533. The first-order valence-corrected chi connectivity index (χ1v) is 9.60. The molecule has 0 spiro atoms. The van der Waals surface area contributed by atoms with Gasteiger partial charge in [0, 0.05) is 17.8 Å². The van der Waals surface area contributed by atoms with E-state index >= 15 is 0 Å². The highest BCUT2D eigenvalue weighted by Crippen LogP contribution is 2.13. The molecule has 0 heterocycles. The molecule has 0 saturated heterocycles. The molecule has 0 aliphatic carbocycles. The van der Waals surface area contributed by atoms with E-state index in [-0.39, 0.29) is 11.3 Å². The van der Waals surface area contributed by atoms with Crippen molar-refractivity contribution in [3.8, 4) is 0 Å². The number of carbonyl (C=O) groups excluding carboxylic acids is 1. The number of aliphatic hydroxyl groups is 1. The third-order valence-corrected chi connectivity index (χ3v) is 4.20. The van der Waals surface area contributed by atoms with E-state index in [0.29, 0.717) is 12.8 Å². The van der Waals surface area contributed by atoms with Crippen molar-refractivity contribution in [2.24, 2.45) is 0 Å². The zero-order valence-corrected chi connectivity index (χ0v) is 15.6. The van der Waals surface area contributed by atoms with Gasteiger partial charge in [-0.25, -0.2) is 0 Å². The van der Waals surface area contributed by atoms with E-state index in [2.05, 4.69) is 19.1 Å². The molecule has 2 atom stereocenters. The monoisotopic (exact) mass is 352 g/mol. The summed E-state index contributed by atoms with van der Waals surface area (Å²) in [6.07, 6.45) is 19.2. The Bertz CT molecular complexity index is 393. The van der Waals surface area contributed by atoms with Crippen LogP contribution in [0.2, 0.25) is 0 Å². The zero-order valence-electron chi connectivity index (χ0n) is 15.6. The van der Waals surface area contributed by atoms with E-state index in [4.69, 9.17) is 0 Å². The highest BCUT2D eigenvalue weighted by atomic mass is 16.6. The standard InChI is InChI=1S/C20H34NO4/c1-2-3-13-17-20(23)19(21(24)25)16-14-11-9-7-5-4-6-8-10-12-15-18-22/h5,7,11,14,19-20,23H,2-4,6,8-10,12-13,15-17H2,1H3/b7-5-,14-11-. The van der Waals surface area contributed by atoms with Gasteiger partial charge in [0.05, 0.1) is 0 Å². The van der Waals surface area contributed by atoms with Gasteiger partial charge in [-0.1, -0.05) is 63.3 Å². The number of nitro groups is 1. The van der Waals surface area contributed by atoms with Crippen LogP contribution in [0, 0.1) is 10.1 Å². The van der Waals surface area contributed by atoms with Crippen molar-refractivity contribution < 1.29 is 14.8 Å². The number of unbranched alkanes of at least 4 members (excludes halogenated alkanes) is 7. The van der Waals surface area contributed by atoms with Crippen LogP contribution in [0.15, 0.2) is 24.3 Å². The SMILES string of the molecule is CCCCCC(O)C(C/C=C\C/C=C\CCCCCC[C]=O)[N+](=O)[O-]. The summed E-state index contributed by atoms with van der Waals surface area (Å²) in [6.45, 7) is 2.07. The summed E-state index contributed by atoms with van der Waals surface area (Å²) in [5.41, 5.74) is 0. The molecule has 143 valence electrons. The molecular formula is C20H34NO4. The summed E-state index contributed by atoms with van der Waals surface area (Å²) < 4.78 is 0. The van der Waals surface area contributed by atoms with Gasteiger partial charge in [0.25, 0.3) is 0 Å². The van der Waals surface area contributed by atoms with Crippen LogP contribution in [-0.4, -0.2) is 28.5 Å². The van der Waals surface area contributed by atoms with Crippen molar-refractivity contribution >= 4 is 6.29 Å². The maximum absolute atomic E-state index is 11.1. The summed E-state index contributed by atoms with van der Waals surface area (Å²) in [5, 5.41) is 21.1. The Kier molecular flexibility index (Phi) is 16.3. The van der Waals surface area contributed by atoms with Crippen molar-refractivity contribution in [1.82, 2.24) is 0 Å². The fourth-order valence-electron chi connectivity index (χ4n) is 2.62. The minimum Gasteiger partial charge on any atom is -0.386 e. The van der Waals surface area contributed by atoms with Crippen molar-refractivity contribution in [1.29, 1.82) is 0 Å². The average Bonchev–Trinajstić information content (AvgIpc) is 2.58. The van der Waals surface area contributed by atoms with Gasteiger partial charge in [-0.3, -0.25) is 14.9 Å². The van der Waals surface area contributed by atoms with Crippen LogP contribution in [0.1, 0.15) is 84.0 Å². The van der Waals surface area contributed by atoms with Gasteiger partial charge in [-0.15, -0.1) is 0 Å². The Hall–Kier alpha value is -1.49. The number of rotatable bonds is 17. The summed E-state index contributed by atoms with van der Waals surface area (Å²) in [4.78, 5) is 20.8. The van der Waals surface area contributed by atoms with E-state index in [0.717, 1.165) is 57.8 Å². The molecule has 2 unspecified atom stereocenters. The highest BCUT2D eigenvalue weighted by molar-refractivity contribution is 5.50. The first-order valence-electron chi connectivity index (χ1n) is 9.60. The molecule has 25 heavy (non-hydrogen) atoms. The largest absolute Gasteiger partial charge is 0.386 e. The quantitative estimate of drug-likeness (QED) is 0.174. The van der Waals surface area contributed by atoms with Gasteiger partial charge in [-0.05, 0) is 32.1 Å². The van der Waals surface area contributed by atoms with Crippen LogP contribution in [0.5, 0.6) is 0 Å². The molecule has 0 aliphatic heterocycles. The summed E-state index contributed by atoms with van der Waals surface area (Å²) in [5.74, 6) is 0. The van der Waals surface area contributed by atoms with Crippen molar-refractivity contribution in [3.63, 3.8) is 0 Å². The Morgan fingerprint density at radius 1 is 1.04 bits per heavy atom. The molecule has 0 saturated carbocycles. The zero-order chi connectivity index (χ0) is 18.8. The van der Waals surface area contributed by atoms with Gasteiger partial charge >= 0.3 is 0 Å². The predicted octanol–water partition coefficient (Wildman–Crippen LogP) is 4.92. The number of aliphatic hydroxyl groups excluding tert-OH is 1. The Morgan fingerprint density at radius 2 is 1.76 bits per heavy atom. The van der Waals surface area contributed by atoms with E-state index in [1.165, 1.54) is 0 Å². The normalized spacial score (nSPS) is 14.2. The first-order chi connectivity index (χ1) is 12.1. The molecule has 0 fully saturated rings. The molecule has 0 rings (SSSR count). The van der Waals surface area contributed by atoms with Crippen molar-refractivity contribution in [2.45, 2.75) is 96.1 Å². The van der Waals surface area contributed by atoms with Gasteiger partial charge in [0.2, 0.25) is 6.04 Å². The highest BCUT2D eigenvalue weighted by Gasteiger charge is 2.27. The van der Waals surface area contributed by atoms with Crippen LogP contribution >= 0.6 is 0 Å². The lowest BCUT2D eigenvalue weighted by Crippen LogP contribution is -2.33. The lowest BCUT2D eigenvalue weighted by Gasteiger charge is -2.14. The predicted molar refractivity (Wildman–Crippen MR) is 102 cm³/mol. The molecule has 0 aromatic rings. The molecular weight excluding hydrogens is 318 g/mol. The van der Waals surface area contributed by atoms with Crippen LogP contribution in [0.4, 0.5) is 0 Å². The Labute approximate surface area is 152 Å². The topological polar surface area (TPSA) is 80.4 Å². The van der Waals surface area contributed by atoms with E-state index in [1.54, 1.807) is 6.08 Å². The minimum absolute atomic E-state index is 0.280. The average molecular weight is 352 g/mol. The number of hydrogen-bond acceptors (Lipinski definition) is 4. The van der Waals surface area contributed by atoms with Crippen LogP contribution in [0.25, 0.3) is 0 Å². The summed E-state index contributed by atoms with van der Waals surface area (Å²) >= 11 is 0. The molecule has 1 N–H and O–H groups in total. The maximum Gasteiger partial charge on any atom is 0.241 e. The van der Waals surface area contributed by atoms with E-state index in [9.17, 15) is 20.0 Å². The molecule has 0 aliphatic rings. The smallest absolute Gasteiger partial charge is 0.241 e. The molecule has 0 aromatic carbocycles. The second-order valence-electron chi connectivity index (χ2n) is 6.43. The Balaban J connectivity index is 3.85. The minimum atomic E-state index is -0.902. The van der Waals surface area contributed by atoms with Crippen LogP contribution in [-0.2, 0) is 4.79 Å². The van der Waals surface area contributed by atoms with Gasteiger partial charge in [0.15, 0.2) is 6.29 Å². The van der Waals surface area contributed by atoms with Crippen molar-refractivity contribution in [2.75, 3.05) is 0 Å². The lowest BCUT2D eigenvalue weighted by atomic mass is 10.0. The van der Waals surface area contributed by atoms with Crippen LogP contribution < -0.4 is 0 Å². The van der Waals surface area contributed by atoms with Crippen LogP contribution in [0.3, 0.4) is 0 Å². The fraction of sp³-hybridized carbons (Fsp3) is 0.750. The molecule has 5 nitrogen and oxygen atoms in total. The molecule has 0 amide bonds. The van der Waals surface area contributed by atoms with Gasteiger partial charge < -0.3 is 5.11 Å². The molecule has 5 heteroatoms. The van der Waals surface area contributed by atoms with Gasteiger partial charge in [0.1, 0.15) is 6.10 Å². The number of hydrogen-bond donors (Lipinski definition) is 1. The first kappa shape index (κ1) is 23.5. The fourth-order valence-corrected chi connectivity index (χ4v) is 2.62. The third kappa shape index (κ3) is 14.6. The second kappa shape index (κ2) is 17.3. The van der Waals surface area contributed by atoms with E-state index < -0.39 is 12.1 Å². The van der Waals surface area contributed by atoms with E-state index in [1.807, 2.05) is 12.4 Å². The third-order valence-electron chi connectivity index (χ3n) is 4.20. The molecule has 0 aromatic heterocycles.